The molecular formula is C21H24F2NO3Ti-. The molecule has 7 heteroatoms. The van der Waals surface area contributed by atoms with Crippen LogP contribution in [0.4, 0.5) is 14.5 Å². The molecule has 0 fully saturated rings. The minimum absolute atomic E-state index is 0. The van der Waals surface area contributed by atoms with Crippen LogP contribution in [0.3, 0.4) is 0 Å². The number of carbonyl (C=O) groups is 1. The van der Waals surface area contributed by atoms with E-state index in [1.807, 2.05) is 6.07 Å². The molecule has 0 saturated heterocycles. The summed E-state index contributed by atoms with van der Waals surface area (Å²) in [5.74, 6) is -2.12. The summed E-state index contributed by atoms with van der Waals surface area (Å²) in [4.78, 5) is 14.0. The first-order chi connectivity index (χ1) is 13.1. The van der Waals surface area contributed by atoms with Crippen molar-refractivity contribution >= 4 is 11.6 Å². The van der Waals surface area contributed by atoms with E-state index in [0.29, 0.717) is 25.4 Å². The topological polar surface area (TPSA) is 38.8 Å². The molecule has 0 saturated carbocycles. The van der Waals surface area contributed by atoms with Gasteiger partial charge in [-0.2, -0.15) is 0 Å². The molecule has 0 atom stereocenters. The first-order valence-corrected chi connectivity index (χ1v) is 9.03. The first kappa shape index (κ1) is 24.4. The third kappa shape index (κ3) is 7.80. The Labute approximate surface area is 179 Å². The molecule has 0 unspecified atom stereocenters. The van der Waals surface area contributed by atoms with Gasteiger partial charge in [0.2, 0.25) is 5.91 Å². The summed E-state index contributed by atoms with van der Waals surface area (Å²) in [5.41, 5.74) is 0.372. The van der Waals surface area contributed by atoms with Gasteiger partial charge in [-0.25, -0.2) is 8.78 Å². The van der Waals surface area contributed by atoms with E-state index in [0.717, 1.165) is 18.9 Å². The van der Waals surface area contributed by atoms with Crippen molar-refractivity contribution in [2.45, 2.75) is 19.8 Å². The molecular weight excluding hydrogens is 400 g/mol. The van der Waals surface area contributed by atoms with Crippen molar-refractivity contribution in [3.05, 3.63) is 65.7 Å². The SMILES string of the molecule is CCCCOCCOCCN(C(=O)c1ccccc1)c1ccc(F)[c-]c1F.[Ti]. The van der Waals surface area contributed by atoms with Crippen molar-refractivity contribution < 1.29 is 44.8 Å². The average molecular weight is 424 g/mol. The Morgan fingerprint density at radius 2 is 1.68 bits per heavy atom. The molecule has 0 bridgehead atoms. The monoisotopic (exact) mass is 424 g/mol. The van der Waals surface area contributed by atoms with Crippen molar-refractivity contribution in [1.82, 2.24) is 0 Å². The van der Waals surface area contributed by atoms with Crippen LogP contribution in [0.15, 0.2) is 42.5 Å². The number of nitrogens with zero attached hydrogens (tertiary/aromatic N) is 1. The standard InChI is InChI=1S/C21H24F2NO3.Ti/c1-2-3-12-26-14-15-27-13-11-24(20-10-9-18(22)16-19(20)23)21(25)17-7-5-4-6-8-17;/h4-10H,2-3,11-15H2,1H3;/q-1;. The Hall–Kier alpha value is -1.60. The number of hydrogen-bond acceptors (Lipinski definition) is 3. The first-order valence-electron chi connectivity index (χ1n) is 9.03. The van der Waals surface area contributed by atoms with E-state index in [9.17, 15) is 13.6 Å². The Balaban J connectivity index is 0.00000392. The Kier molecular flexibility index (Phi) is 11.8. The molecule has 0 aromatic heterocycles. The predicted molar refractivity (Wildman–Crippen MR) is 99.9 cm³/mol. The summed E-state index contributed by atoms with van der Waals surface area (Å²) < 4.78 is 38.2. The molecule has 2 aromatic rings. The van der Waals surface area contributed by atoms with E-state index in [4.69, 9.17) is 9.47 Å². The van der Waals surface area contributed by atoms with E-state index in [2.05, 4.69) is 6.92 Å². The molecule has 0 aliphatic rings. The van der Waals surface area contributed by atoms with Gasteiger partial charge in [0.1, 0.15) is 0 Å². The third-order valence-electron chi connectivity index (χ3n) is 3.87. The molecule has 150 valence electrons. The maximum absolute atomic E-state index is 14.2. The Bertz CT molecular complexity index is 716. The number of ether oxygens (including phenoxy) is 2. The van der Waals surface area contributed by atoms with Gasteiger partial charge >= 0.3 is 0 Å². The second-order valence-electron chi connectivity index (χ2n) is 5.91. The second kappa shape index (κ2) is 13.6. The summed E-state index contributed by atoms with van der Waals surface area (Å²) in [6.07, 6.45) is 2.07. The molecule has 0 radical (unpaired) electrons. The van der Waals surface area contributed by atoms with E-state index in [1.54, 1.807) is 30.3 Å². The average Bonchev–Trinajstić information content (AvgIpc) is 2.68. The van der Waals surface area contributed by atoms with Gasteiger partial charge in [-0.1, -0.05) is 31.5 Å². The molecule has 4 nitrogen and oxygen atoms in total. The van der Waals surface area contributed by atoms with Crippen molar-refractivity contribution in [3.8, 4) is 0 Å². The fourth-order valence-electron chi connectivity index (χ4n) is 2.44. The zero-order chi connectivity index (χ0) is 19.5. The zero-order valence-corrected chi connectivity index (χ0v) is 17.5. The number of halogens is 2. The van der Waals surface area contributed by atoms with Gasteiger partial charge in [-0.15, -0.1) is 18.2 Å². The summed E-state index contributed by atoms with van der Waals surface area (Å²) in [5, 5.41) is 0. The molecule has 1 amide bonds. The summed E-state index contributed by atoms with van der Waals surface area (Å²) in [6.45, 7) is 3.95. The zero-order valence-electron chi connectivity index (χ0n) is 15.9. The van der Waals surface area contributed by atoms with Crippen molar-refractivity contribution in [2.75, 3.05) is 37.9 Å². The van der Waals surface area contributed by atoms with Gasteiger partial charge in [-0.05, 0) is 24.2 Å². The fourth-order valence-corrected chi connectivity index (χ4v) is 2.44. The van der Waals surface area contributed by atoms with Crippen LogP contribution in [-0.2, 0) is 31.2 Å². The normalized spacial score (nSPS) is 10.4. The van der Waals surface area contributed by atoms with Gasteiger partial charge in [-0.3, -0.25) is 4.79 Å². The quantitative estimate of drug-likeness (QED) is 0.308. The summed E-state index contributed by atoms with van der Waals surface area (Å²) in [7, 11) is 0. The number of benzene rings is 2. The van der Waals surface area contributed by atoms with E-state index in [-0.39, 0.29) is 40.6 Å². The molecule has 0 heterocycles. The van der Waals surface area contributed by atoms with Gasteiger partial charge in [0, 0.05) is 52.1 Å². The molecule has 2 rings (SSSR count). The van der Waals surface area contributed by atoms with Crippen LogP contribution in [0.25, 0.3) is 0 Å². The molecule has 0 N–H and O–H groups in total. The summed E-state index contributed by atoms with van der Waals surface area (Å²) in [6, 6.07) is 12.8. The number of anilines is 1. The van der Waals surface area contributed by atoms with E-state index in [1.165, 1.54) is 11.0 Å². The van der Waals surface area contributed by atoms with Gasteiger partial charge in [0.15, 0.2) is 0 Å². The van der Waals surface area contributed by atoms with Crippen LogP contribution >= 0.6 is 0 Å². The smallest absolute Gasteiger partial charge is 0.247 e. The van der Waals surface area contributed by atoms with Gasteiger partial charge in [0.25, 0.3) is 0 Å². The predicted octanol–water partition coefficient (Wildman–Crippen LogP) is 4.24. The molecule has 28 heavy (non-hydrogen) atoms. The van der Waals surface area contributed by atoms with Crippen molar-refractivity contribution in [1.29, 1.82) is 0 Å². The van der Waals surface area contributed by atoms with E-state index >= 15 is 0 Å². The third-order valence-corrected chi connectivity index (χ3v) is 3.87. The number of rotatable bonds is 11. The maximum Gasteiger partial charge on any atom is 0.247 e. The van der Waals surface area contributed by atoms with Crippen LogP contribution in [0, 0.1) is 17.7 Å². The molecule has 0 aliphatic heterocycles. The van der Waals surface area contributed by atoms with Crippen molar-refractivity contribution in [2.24, 2.45) is 0 Å². The van der Waals surface area contributed by atoms with Crippen LogP contribution < -0.4 is 4.90 Å². The minimum atomic E-state index is -0.915. The number of hydrogen-bond donors (Lipinski definition) is 0. The molecule has 2 aromatic carbocycles. The Morgan fingerprint density at radius 3 is 2.32 bits per heavy atom. The van der Waals surface area contributed by atoms with Crippen molar-refractivity contribution in [3.63, 3.8) is 0 Å². The number of amides is 1. The molecule has 0 spiro atoms. The van der Waals surface area contributed by atoms with Crippen LogP contribution in [-0.4, -0.2) is 38.9 Å². The second-order valence-corrected chi connectivity index (χ2v) is 5.91. The van der Waals surface area contributed by atoms with Crippen LogP contribution in [0.5, 0.6) is 0 Å². The molecule has 0 aliphatic carbocycles. The van der Waals surface area contributed by atoms with Gasteiger partial charge in [0.05, 0.1) is 19.8 Å². The largest absolute Gasteiger partial charge is 0.379 e. The minimum Gasteiger partial charge on any atom is -0.379 e. The number of unbranched alkanes of at least 4 members (excludes halogenated alkanes) is 1. The Morgan fingerprint density at radius 1 is 1.00 bits per heavy atom. The fraction of sp³-hybridized carbons (Fsp3) is 0.381. The van der Waals surface area contributed by atoms with Crippen LogP contribution in [0.1, 0.15) is 30.1 Å². The van der Waals surface area contributed by atoms with E-state index < -0.39 is 17.5 Å². The van der Waals surface area contributed by atoms with Crippen LogP contribution in [0.2, 0.25) is 0 Å². The maximum atomic E-state index is 14.2. The number of carbonyl (C=O) groups excluding carboxylic acids is 1. The summed E-state index contributed by atoms with van der Waals surface area (Å²) >= 11 is 0. The van der Waals surface area contributed by atoms with Gasteiger partial charge < -0.3 is 14.4 Å².